The Kier molecular flexibility index (Phi) is 6.58. The summed E-state index contributed by atoms with van der Waals surface area (Å²) in [6.45, 7) is 2.80. The smallest absolute Gasteiger partial charge is 0.187 e. The van der Waals surface area contributed by atoms with E-state index >= 15 is 0 Å². The zero-order chi connectivity index (χ0) is 15.6. The molecule has 0 heterocycles. The summed E-state index contributed by atoms with van der Waals surface area (Å²) in [7, 11) is 0. The van der Waals surface area contributed by atoms with Gasteiger partial charge in [-0.1, -0.05) is 67.6 Å². The predicted molar refractivity (Wildman–Crippen MR) is 96.9 cm³/mol. The SMILES string of the molecule is CC/C(Cc1ccccc1)=N/NC(=S)NCc1ccccc1. The van der Waals surface area contributed by atoms with Gasteiger partial charge in [0.15, 0.2) is 5.11 Å². The topological polar surface area (TPSA) is 36.4 Å². The molecule has 0 aliphatic rings. The Morgan fingerprint density at radius 1 is 0.955 bits per heavy atom. The van der Waals surface area contributed by atoms with E-state index in [1.807, 2.05) is 36.4 Å². The monoisotopic (exact) mass is 311 g/mol. The van der Waals surface area contributed by atoms with Crippen LogP contribution in [0.2, 0.25) is 0 Å². The second kappa shape index (κ2) is 8.95. The van der Waals surface area contributed by atoms with E-state index in [2.05, 4.69) is 47.0 Å². The van der Waals surface area contributed by atoms with Gasteiger partial charge in [-0.05, 0) is 29.8 Å². The number of hydrazone groups is 1. The van der Waals surface area contributed by atoms with Crippen molar-refractivity contribution >= 4 is 23.0 Å². The molecule has 0 aromatic heterocycles. The van der Waals surface area contributed by atoms with Gasteiger partial charge in [-0.3, -0.25) is 5.43 Å². The summed E-state index contributed by atoms with van der Waals surface area (Å²) >= 11 is 5.25. The Morgan fingerprint density at radius 3 is 2.14 bits per heavy atom. The number of nitrogens with zero attached hydrogens (tertiary/aromatic N) is 1. The Hall–Kier alpha value is -2.20. The molecule has 0 unspecified atom stereocenters. The summed E-state index contributed by atoms with van der Waals surface area (Å²) in [5, 5.41) is 8.11. The van der Waals surface area contributed by atoms with E-state index in [1.54, 1.807) is 0 Å². The van der Waals surface area contributed by atoms with Crippen molar-refractivity contribution in [3.63, 3.8) is 0 Å². The van der Waals surface area contributed by atoms with Crippen LogP contribution in [-0.4, -0.2) is 10.8 Å². The van der Waals surface area contributed by atoms with Crippen molar-refractivity contribution in [1.29, 1.82) is 0 Å². The predicted octanol–water partition coefficient (Wildman–Crippen LogP) is 3.66. The van der Waals surface area contributed by atoms with Crippen molar-refractivity contribution in [1.82, 2.24) is 10.7 Å². The largest absolute Gasteiger partial charge is 0.357 e. The zero-order valence-electron chi connectivity index (χ0n) is 12.8. The Morgan fingerprint density at radius 2 is 1.55 bits per heavy atom. The Labute approximate surface area is 137 Å². The third-order valence-electron chi connectivity index (χ3n) is 3.27. The maximum absolute atomic E-state index is 5.25. The van der Waals surface area contributed by atoms with Crippen LogP contribution in [0.4, 0.5) is 0 Å². The van der Waals surface area contributed by atoms with Gasteiger partial charge in [0.2, 0.25) is 0 Å². The van der Waals surface area contributed by atoms with Gasteiger partial charge in [0.25, 0.3) is 0 Å². The number of rotatable bonds is 6. The molecule has 4 heteroatoms. The van der Waals surface area contributed by atoms with Crippen molar-refractivity contribution in [2.24, 2.45) is 5.10 Å². The van der Waals surface area contributed by atoms with Crippen LogP contribution in [0.3, 0.4) is 0 Å². The first-order valence-corrected chi connectivity index (χ1v) is 7.86. The van der Waals surface area contributed by atoms with E-state index in [-0.39, 0.29) is 0 Å². The Bertz CT molecular complexity index is 609. The summed E-state index contributed by atoms with van der Waals surface area (Å²) in [6.07, 6.45) is 1.73. The molecule has 0 saturated heterocycles. The van der Waals surface area contributed by atoms with E-state index < -0.39 is 0 Å². The van der Waals surface area contributed by atoms with E-state index in [4.69, 9.17) is 12.2 Å². The van der Waals surface area contributed by atoms with Crippen LogP contribution in [0.1, 0.15) is 24.5 Å². The number of benzene rings is 2. The van der Waals surface area contributed by atoms with Crippen LogP contribution in [0.25, 0.3) is 0 Å². The van der Waals surface area contributed by atoms with Crippen LogP contribution in [0, 0.1) is 0 Å². The third-order valence-corrected chi connectivity index (χ3v) is 3.51. The first-order valence-electron chi connectivity index (χ1n) is 7.45. The summed E-state index contributed by atoms with van der Waals surface area (Å²) in [5.74, 6) is 0. The van der Waals surface area contributed by atoms with Gasteiger partial charge >= 0.3 is 0 Å². The molecule has 0 atom stereocenters. The average molecular weight is 311 g/mol. The second-order valence-corrected chi connectivity index (χ2v) is 5.38. The molecule has 2 aromatic carbocycles. The van der Waals surface area contributed by atoms with Gasteiger partial charge in [0, 0.05) is 18.7 Å². The highest BCUT2D eigenvalue weighted by molar-refractivity contribution is 7.80. The molecule has 0 aliphatic heterocycles. The molecule has 2 aromatic rings. The van der Waals surface area contributed by atoms with Crippen molar-refractivity contribution < 1.29 is 0 Å². The van der Waals surface area contributed by atoms with Crippen molar-refractivity contribution in [2.75, 3.05) is 0 Å². The summed E-state index contributed by atoms with van der Waals surface area (Å²) in [5.41, 5.74) is 6.46. The highest BCUT2D eigenvalue weighted by Gasteiger charge is 2.00. The number of hydrogen-bond donors (Lipinski definition) is 2. The van der Waals surface area contributed by atoms with Gasteiger partial charge in [0.1, 0.15) is 0 Å². The molecule has 0 fully saturated rings. The van der Waals surface area contributed by atoms with Gasteiger partial charge in [0.05, 0.1) is 0 Å². The molecule has 0 aliphatic carbocycles. The normalized spacial score (nSPS) is 11.0. The molecular weight excluding hydrogens is 290 g/mol. The first kappa shape index (κ1) is 16.2. The quantitative estimate of drug-likeness (QED) is 0.485. The lowest BCUT2D eigenvalue weighted by Gasteiger charge is -2.09. The van der Waals surface area contributed by atoms with Crippen LogP contribution in [-0.2, 0) is 13.0 Å². The van der Waals surface area contributed by atoms with Crippen LogP contribution < -0.4 is 10.7 Å². The highest BCUT2D eigenvalue weighted by Crippen LogP contribution is 2.03. The summed E-state index contributed by atoms with van der Waals surface area (Å²) in [6, 6.07) is 20.5. The molecule has 0 radical (unpaired) electrons. The maximum Gasteiger partial charge on any atom is 0.187 e. The van der Waals surface area contributed by atoms with Crippen LogP contribution >= 0.6 is 12.2 Å². The van der Waals surface area contributed by atoms with Crippen molar-refractivity contribution in [2.45, 2.75) is 26.3 Å². The highest BCUT2D eigenvalue weighted by atomic mass is 32.1. The molecule has 3 nitrogen and oxygen atoms in total. The zero-order valence-corrected chi connectivity index (χ0v) is 13.6. The fourth-order valence-corrected chi connectivity index (χ4v) is 2.14. The maximum atomic E-state index is 5.25. The standard InChI is InChI=1S/C18H21N3S/c1-2-17(13-15-9-5-3-6-10-15)20-21-18(22)19-14-16-11-7-4-8-12-16/h3-12H,2,13-14H2,1H3,(H2,19,21,22)/b20-17-. The van der Waals surface area contributed by atoms with Gasteiger partial charge in [-0.2, -0.15) is 5.10 Å². The molecule has 0 spiro atoms. The molecule has 2 rings (SSSR count). The van der Waals surface area contributed by atoms with E-state index in [1.165, 1.54) is 11.1 Å². The lowest BCUT2D eigenvalue weighted by Crippen LogP contribution is -2.32. The van der Waals surface area contributed by atoms with Crippen LogP contribution in [0.15, 0.2) is 65.8 Å². The van der Waals surface area contributed by atoms with Gasteiger partial charge < -0.3 is 5.32 Å². The molecule has 0 amide bonds. The van der Waals surface area contributed by atoms with Gasteiger partial charge in [-0.15, -0.1) is 0 Å². The molecule has 0 bridgehead atoms. The van der Waals surface area contributed by atoms with E-state index in [0.717, 1.165) is 18.6 Å². The lowest BCUT2D eigenvalue weighted by molar-refractivity contribution is 0.861. The molecule has 22 heavy (non-hydrogen) atoms. The summed E-state index contributed by atoms with van der Waals surface area (Å²) < 4.78 is 0. The Balaban J connectivity index is 1.82. The average Bonchev–Trinajstić information content (AvgIpc) is 2.58. The molecule has 2 N–H and O–H groups in total. The van der Waals surface area contributed by atoms with E-state index in [9.17, 15) is 0 Å². The molecule has 0 saturated carbocycles. The fourth-order valence-electron chi connectivity index (χ4n) is 2.02. The minimum atomic E-state index is 0.544. The number of nitrogens with one attached hydrogen (secondary N) is 2. The van der Waals surface area contributed by atoms with Crippen LogP contribution in [0.5, 0.6) is 0 Å². The van der Waals surface area contributed by atoms with Gasteiger partial charge in [-0.25, -0.2) is 0 Å². The second-order valence-electron chi connectivity index (χ2n) is 4.97. The number of thiocarbonyl (C=S) groups is 1. The summed E-state index contributed by atoms with van der Waals surface area (Å²) in [4.78, 5) is 0. The number of hydrogen-bond acceptors (Lipinski definition) is 2. The lowest BCUT2D eigenvalue weighted by atomic mass is 10.1. The van der Waals surface area contributed by atoms with Crippen molar-refractivity contribution in [3.05, 3.63) is 71.8 Å². The molecule has 114 valence electrons. The third kappa shape index (κ3) is 5.66. The minimum Gasteiger partial charge on any atom is -0.357 e. The molecular formula is C18H21N3S. The fraction of sp³-hybridized carbons (Fsp3) is 0.222. The van der Waals surface area contributed by atoms with E-state index in [0.29, 0.717) is 11.7 Å². The minimum absolute atomic E-state index is 0.544. The first-order chi connectivity index (χ1) is 10.8. The van der Waals surface area contributed by atoms with Crippen molar-refractivity contribution in [3.8, 4) is 0 Å².